The van der Waals surface area contributed by atoms with Crippen molar-refractivity contribution in [1.82, 2.24) is 9.97 Å². The molecule has 12 heteroatoms. The van der Waals surface area contributed by atoms with Gasteiger partial charge in [0, 0.05) is 30.4 Å². The number of hydrogen-bond donors (Lipinski definition) is 1. The molecule has 71 heavy (non-hydrogen) atoms. The molecule has 0 aliphatic rings. The molecule has 2 heterocycles. The molecule has 11 nitrogen and oxygen atoms in total. The van der Waals surface area contributed by atoms with Gasteiger partial charge in [0.25, 0.3) is 10.1 Å². The van der Waals surface area contributed by atoms with Gasteiger partial charge >= 0.3 is 5.97 Å². The molecular weight excluding hydrogens is 913 g/mol. The third-order valence-corrected chi connectivity index (χ3v) is 13.0. The molecule has 9 rings (SSSR count). The lowest BCUT2D eigenvalue weighted by Crippen LogP contribution is -2.43. The van der Waals surface area contributed by atoms with Crippen LogP contribution in [0.5, 0.6) is 11.5 Å². The molecule has 0 bridgehead atoms. The molecule has 2 aromatic heterocycles. The zero-order valence-corrected chi connectivity index (χ0v) is 40.8. The number of aromatic nitrogens is 2. The minimum Gasteiger partial charge on any atom is -0.493 e. The van der Waals surface area contributed by atoms with Crippen molar-refractivity contribution >= 4 is 16.1 Å². The van der Waals surface area contributed by atoms with Crippen LogP contribution in [0, 0.1) is 20.8 Å². The lowest BCUT2D eigenvalue weighted by molar-refractivity contribution is -0.153. The van der Waals surface area contributed by atoms with E-state index in [9.17, 15) is 18.3 Å². The van der Waals surface area contributed by atoms with Crippen molar-refractivity contribution in [3.8, 4) is 56.7 Å². The lowest BCUT2D eigenvalue weighted by atomic mass is 9.96. The van der Waals surface area contributed by atoms with Crippen LogP contribution in [-0.2, 0) is 38.4 Å². The van der Waals surface area contributed by atoms with Crippen molar-refractivity contribution in [2.24, 2.45) is 0 Å². The molecule has 0 spiro atoms. The van der Waals surface area contributed by atoms with Crippen LogP contribution in [0.3, 0.4) is 0 Å². The van der Waals surface area contributed by atoms with Gasteiger partial charge in [0.2, 0.25) is 17.4 Å². The predicted octanol–water partition coefficient (Wildman–Crippen LogP) is 13.0. The number of aliphatic carboxylic acids is 1. The number of ether oxygens (including phenoxy) is 2. The molecular formula is C59H54N2O9S. The quantitative estimate of drug-likeness (QED) is 0.0818. The Bertz CT molecular complexity index is 3280. The minimum atomic E-state index is -3.80. The Labute approximate surface area is 414 Å². The largest absolute Gasteiger partial charge is 0.493 e. The second-order valence-electron chi connectivity index (χ2n) is 17.1. The number of rotatable bonds is 18. The molecule has 1 unspecified atom stereocenters. The topological polar surface area (TPSA) is 151 Å². The highest BCUT2D eigenvalue weighted by Crippen LogP contribution is 2.30. The standard InChI is InChI=1S/C34H31NO5.C25H23NO4S/c1-24-31(35-32(39-24)28-13-9-12-27(22-28)26-10-5-3-6-11-26)20-21-38-29-18-16-25(17-19-29)23-34(2,33(36)37)40-30-14-7-4-8-15-30;1-18-11-13-23(14-12-18)31(27,28)29-16-15-24-19(2)30-25(26-24)22-10-6-9-21(17-22)20-7-4-3-5-8-20/h3-19,22H,20-21,23H2,1-2H3,(H,36,37);3-14,17H,15-16H2,1-2H3. The smallest absolute Gasteiger partial charge is 0.348 e. The summed E-state index contributed by atoms with van der Waals surface area (Å²) in [5.74, 6) is 2.71. The van der Waals surface area contributed by atoms with E-state index in [1.54, 1.807) is 43.3 Å². The van der Waals surface area contributed by atoms with E-state index in [2.05, 4.69) is 41.4 Å². The zero-order chi connectivity index (χ0) is 49.8. The van der Waals surface area contributed by atoms with E-state index in [1.165, 1.54) is 0 Å². The molecule has 0 aliphatic heterocycles. The molecule has 360 valence electrons. The summed E-state index contributed by atoms with van der Waals surface area (Å²) in [6.45, 7) is 7.64. The van der Waals surface area contributed by atoms with Crippen molar-refractivity contribution < 1.29 is 40.8 Å². The number of para-hydroxylation sites is 1. The molecule has 0 saturated heterocycles. The first-order valence-corrected chi connectivity index (χ1v) is 24.6. The van der Waals surface area contributed by atoms with Crippen LogP contribution in [-0.4, -0.2) is 48.3 Å². The first-order chi connectivity index (χ1) is 34.3. The van der Waals surface area contributed by atoms with Gasteiger partial charge < -0.3 is 23.4 Å². The van der Waals surface area contributed by atoms with Crippen LogP contribution in [0.1, 0.15) is 41.0 Å². The zero-order valence-electron chi connectivity index (χ0n) is 39.9. The molecule has 0 amide bonds. The fourth-order valence-corrected chi connectivity index (χ4v) is 8.68. The fourth-order valence-electron chi connectivity index (χ4n) is 7.78. The Hall–Kier alpha value is -8.06. The predicted molar refractivity (Wildman–Crippen MR) is 275 cm³/mol. The normalized spacial score (nSPS) is 12.1. The van der Waals surface area contributed by atoms with Gasteiger partial charge in [-0.3, -0.25) is 4.18 Å². The van der Waals surface area contributed by atoms with Gasteiger partial charge in [0.15, 0.2) is 0 Å². The van der Waals surface area contributed by atoms with Crippen LogP contribution < -0.4 is 9.47 Å². The minimum absolute atomic E-state index is 0.00687. The van der Waals surface area contributed by atoms with E-state index in [1.807, 2.05) is 136 Å². The summed E-state index contributed by atoms with van der Waals surface area (Å²) in [5.41, 5.74) is 8.19. The van der Waals surface area contributed by atoms with Gasteiger partial charge in [-0.1, -0.05) is 133 Å². The Balaban J connectivity index is 0.000000197. The van der Waals surface area contributed by atoms with Gasteiger partial charge in [0.05, 0.1) is 29.5 Å². The van der Waals surface area contributed by atoms with Gasteiger partial charge in [0.1, 0.15) is 23.0 Å². The number of carbonyl (C=O) groups is 1. The fraction of sp³-hybridized carbons (Fsp3) is 0.169. The van der Waals surface area contributed by atoms with Crippen LogP contribution in [0.25, 0.3) is 45.2 Å². The van der Waals surface area contributed by atoms with Crippen LogP contribution in [0.2, 0.25) is 0 Å². The molecule has 0 radical (unpaired) electrons. The Morgan fingerprint density at radius 2 is 1.01 bits per heavy atom. The van der Waals surface area contributed by atoms with Crippen molar-refractivity contribution in [2.45, 2.75) is 57.5 Å². The average Bonchev–Trinajstić information content (AvgIpc) is 3.96. The van der Waals surface area contributed by atoms with Crippen LogP contribution in [0.15, 0.2) is 202 Å². The van der Waals surface area contributed by atoms with E-state index in [-0.39, 0.29) is 17.9 Å². The van der Waals surface area contributed by atoms with Gasteiger partial charge in [-0.2, -0.15) is 8.42 Å². The average molecular weight is 967 g/mol. The number of oxazole rings is 2. The van der Waals surface area contributed by atoms with Crippen molar-refractivity contribution in [2.75, 3.05) is 13.2 Å². The summed E-state index contributed by atoms with van der Waals surface area (Å²) in [6.07, 6.45) is 1.14. The number of aryl methyl sites for hydroxylation is 3. The van der Waals surface area contributed by atoms with E-state index in [0.29, 0.717) is 54.2 Å². The van der Waals surface area contributed by atoms with E-state index < -0.39 is 21.7 Å². The summed E-state index contributed by atoms with van der Waals surface area (Å²) < 4.78 is 53.5. The first-order valence-electron chi connectivity index (χ1n) is 23.2. The lowest BCUT2D eigenvalue weighted by Gasteiger charge is -2.26. The van der Waals surface area contributed by atoms with Gasteiger partial charge in [-0.15, -0.1) is 0 Å². The molecule has 1 atom stereocenters. The summed E-state index contributed by atoms with van der Waals surface area (Å²) in [6, 6.07) is 59.4. The highest BCUT2D eigenvalue weighted by molar-refractivity contribution is 7.86. The highest BCUT2D eigenvalue weighted by Gasteiger charge is 2.36. The second kappa shape index (κ2) is 22.6. The highest BCUT2D eigenvalue weighted by atomic mass is 32.2. The maximum atomic E-state index is 12.4. The number of benzene rings is 7. The summed E-state index contributed by atoms with van der Waals surface area (Å²) >= 11 is 0. The van der Waals surface area contributed by atoms with Gasteiger partial charge in [-0.05, 0) is 116 Å². The van der Waals surface area contributed by atoms with Gasteiger partial charge in [-0.25, -0.2) is 14.8 Å². The maximum absolute atomic E-state index is 12.4. The first kappa shape index (κ1) is 49.4. The third kappa shape index (κ3) is 13.0. The van der Waals surface area contributed by atoms with Crippen LogP contribution in [0.4, 0.5) is 0 Å². The number of nitrogens with zero attached hydrogens (tertiary/aromatic N) is 2. The summed E-state index contributed by atoms with van der Waals surface area (Å²) in [7, 11) is -3.80. The summed E-state index contributed by atoms with van der Waals surface area (Å²) in [5, 5.41) is 9.83. The van der Waals surface area contributed by atoms with E-state index >= 15 is 0 Å². The van der Waals surface area contributed by atoms with Crippen molar-refractivity contribution in [3.63, 3.8) is 0 Å². The number of carboxylic acid groups (broad SMARTS) is 1. The number of hydrogen-bond acceptors (Lipinski definition) is 10. The van der Waals surface area contributed by atoms with Crippen molar-refractivity contribution in [1.29, 1.82) is 0 Å². The molecule has 0 saturated carbocycles. The molecule has 7 aromatic carbocycles. The van der Waals surface area contributed by atoms with E-state index in [0.717, 1.165) is 56.0 Å². The monoisotopic (exact) mass is 966 g/mol. The summed E-state index contributed by atoms with van der Waals surface area (Å²) in [4.78, 5) is 21.5. The number of carboxylic acids is 1. The van der Waals surface area contributed by atoms with Crippen LogP contribution >= 0.6 is 0 Å². The Morgan fingerprint density at radius 3 is 1.52 bits per heavy atom. The molecule has 1 N–H and O–H groups in total. The molecule has 0 fully saturated rings. The second-order valence-corrected chi connectivity index (χ2v) is 18.8. The SMILES string of the molecule is Cc1ccc(S(=O)(=O)OCCc2nc(-c3cccc(-c4ccccc4)c3)oc2C)cc1.Cc1oc(-c2cccc(-c3ccccc3)c2)nc1CCOc1ccc(CC(C)(Oc2ccccc2)C(=O)O)cc1. The Morgan fingerprint density at radius 1 is 0.549 bits per heavy atom. The maximum Gasteiger partial charge on any atom is 0.348 e. The Kier molecular flexibility index (Phi) is 15.7. The van der Waals surface area contributed by atoms with E-state index in [4.69, 9.17) is 27.5 Å². The molecule has 9 aromatic rings. The molecule has 0 aliphatic carbocycles. The van der Waals surface area contributed by atoms with Crippen molar-refractivity contribution in [3.05, 3.63) is 222 Å². The third-order valence-electron chi connectivity index (χ3n) is 11.7.